The maximum atomic E-state index is 2.18. The van der Waals surface area contributed by atoms with Crippen molar-refractivity contribution in [2.24, 2.45) is 0 Å². The van der Waals surface area contributed by atoms with Crippen molar-refractivity contribution in [1.82, 2.24) is 0 Å². The molecule has 0 N–H and O–H groups in total. The Labute approximate surface area is 115 Å². The van der Waals surface area contributed by atoms with Crippen LogP contribution >= 0.6 is 0 Å². The summed E-state index contributed by atoms with van der Waals surface area (Å²) in [6.07, 6.45) is 0. The van der Waals surface area contributed by atoms with Gasteiger partial charge in [0.1, 0.15) is 0 Å². The first-order valence-electron chi connectivity index (χ1n) is 6.24. The normalized spacial score (nSPS) is 7.67. The molecule has 104 valence electrons. The number of aryl methyl sites for hydroxylation is 2. The maximum absolute atomic E-state index is 2.18. The Morgan fingerprint density at radius 1 is 0.556 bits per heavy atom. The molecule has 0 aliphatic heterocycles. The van der Waals surface area contributed by atoms with E-state index in [0.717, 1.165) is 0 Å². The van der Waals surface area contributed by atoms with Crippen LogP contribution in [0.2, 0.25) is 0 Å². The first-order valence-corrected chi connectivity index (χ1v) is 6.24. The van der Waals surface area contributed by atoms with Crippen molar-refractivity contribution in [3.05, 3.63) is 47.5 Å². The Balaban J connectivity index is -0.000000344. The van der Waals surface area contributed by atoms with Crippen LogP contribution in [0, 0.1) is 13.8 Å². The minimum Gasteiger partial charge on any atom is -0.0776 e. The predicted molar refractivity (Wildman–Crippen MR) is 89.6 cm³/mol. The third kappa shape index (κ3) is 5.35. The average Bonchev–Trinajstić information content (AvgIpc) is 2.39. The lowest BCUT2D eigenvalue weighted by molar-refractivity contribution is 1.46. The zero-order valence-electron chi connectivity index (χ0n) is 11.5. The maximum Gasteiger partial charge on any atom is -0.0152 e. The number of fused-ring (bicyclic) bond motifs is 1. The van der Waals surface area contributed by atoms with Crippen molar-refractivity contribution in [2.75, 3.05) is 0 Å². The van der Waals surface area contributed by atoms with Gasteiger partial charge in [0.2, 0.25) is 0 Å². The van der Waals surface area contributed by atoms with Crippen LogP contribution in [0.25, 0.3) is 10.8 Å². The number of rotatable bonds is 0. The van der Waals surface area contributed by atoms with Crippen LogP contribution in [0.5, 0.6) is 0 Å². The highest BCUT2D eigenvalue weighted by molar-refractivity contribution is 5.88. The Bertz CT molecular complexity index is 373. The molecular weight excluding hydrogens is 216 g/mol. The van der Waals surface area contributed by atoms with E-state index in [1.165, 1.54) is 21.9 Å². The molecule has 0 radical (unpaired) electrons. The van der Waals surface area contributed by atoms with Gasteiger partial charge in [0.25, 0.3) is 0 Å². The van der Waals surface area contributed by atoms with Gasteiger partial charge in [0.15, 0.2) is 0 Å². The second-order valence-corrected chi connectivity index (χ2v) is 3.24. The van der Waals surface area contributed by atoms with Gasteiger partial charge in [-0.2, -0.15) is 0 Å². The van der Waals surface area contributed by atoms with Gasteiger partial charge in [-0.15, -0.1) is 0 Å². The molecular formula is C18H32. The lowest BCUT2D eigenvalue weighted by atomic mass is 10.0. The monoisotopic (exact) mass is 248 g/mol. The van der Waals surface area contributed by atoms with E-state index in [1.807, 2.05) is 27.7 Å². The van der Waals surface area contributed by atoms with E-state index in [-0.39, 0.29) is 14.9 Å². The summed E-state index contributed by atoms with van der Waals surface area (Å²) in [7, 11) is 0. The van der Waals surface area contributed by atoms with E-state index < -0.39 is 0 Å². The number of hydrogen-bond donors (Lipinski definition) is 0. The Hall–Kier alpha value is -1.30. The van der Waals surface area contributed by atoms with Crippen LogP contribution < -0.4 is 0 Å². The van der Waals surface area contributed by atoms with Gasteiger partial charge in [-0.05, 0) is 35.7 Å². The highest BCUT2D eigenvalue weighted by atomic mass is 14.0. The van der Waals surface area contributed by atoms with Crippen molar-refractivity contribution in [3.8, 4) is 0 Å². The molecule has 0 saturated carbocycles. The Morgan fingerprint density at radius 2 is 0.833 bits per heavy atom. The third-order valence-corrected chi connectivity index (χ3v) is 2.36. The van der Waals surface area contributed by atoms with Gasteiger partial charge < -0.3 is 0 Å². The lowest BCUT2D eigenvalue weighted by Gasteiger charge is -2.03. The highest BCUT2D eigenvalue weighted by Gasteiger charge is 1.97. The van der Waals surface area contributed by atoms with Crippen LogP contribution in [0.4, 0.5) is 0 Å². The Kier molecular flexibility index (Phi) is 14.8. The fraction of sp³-hybridized carbons (Fsp3) is 0.444. The van der Waals surface area contributed by atoms with E-state index in [9.17, 15) is 0 Å². The van der Waals surface area contributed by atoms with Crippen molar-refractivity contribution in [2.45, 2.75) is 56.4 Å². The van der Waals surface area contributed by atoms with Crippen LogP contribution in [0.1, 0.15) is 53.7 Å². The second-order valence-electron chi connectivity index (χ2n) is 3.24. The molecule has 2 rings (SSSR count). The highest BCUT2D eigenvalue weighted by Crippen LogP contribution is 2.20. The van der Waals surface area contributed by atoms with Gasteiger partial charge in [-0.3, -0.25) is 0 Å². The molecule has 18 heavy (non-hydrogen) atoms. The van der Waals surface area contributed by atoms with Crippen molar-refractivity contribution in [1.29, 1.82) is 0 Å². The Morgan fingerprint density at radius 3 is 1.11 bits per heavy atom. The zero-order valence-corrected chi connectivity index (χ0v) is 11.5. The first-order chi connectivity index (χ1) is 7.79. The van der Waals surface area contributed by atoms with Crippen molar-refractivity contribution >= 4 is 10.8 Å². The molecule has 0 saturated heterocycles. The molecule has 0 heterocycles. The molecule has 0 aliphatic carbocycles. The quantitative estimate of drug-likeness (QED) is 0.482. The number of benzene rings is 2. The van der Waals surface area contributed by atoms with Crippen LogP contribution in [-0.4, -0.2) is 0 Å². The van der Waals surface area contributed by atoms with Crippen LogP contribution in [-0.2, 0) is 0 Å². The van der Waals surface area contributed by atoms with E-state index in [4.69, 9.17) is 0 Å². The summed E-state index contributed by atoms with van der Waals surface area (Å²) in [5, 5.41) is 2.75. The summed E-state index contributed by atoms with van der Waals surface area (Å²) in [5.41, 5.74) is 2.72. The zero-order chi connectivity index (χ0) is 12.6. The molecule has 0 spiro atoms. The number of hydrogen-bond acceptors (Lipinski definition) is 0. The molecule has 0 aliphatic rings. The van der Waals surface area contributed by atoms with E-state index in [2.05, 4.69) is 50.2 Å². The largest absolute Gasteiger partial charge is 0.0776 e. The molecule has 0 amide bonds. The van der Waals surface area contributed by atoms with Crippen LogP contribution in [0.15, 0.2) is 36.4 Å². The van der Waals surface area contributed by atoms with Gasteiger partial charge in [0.05, 0.1) is 0 Å². The summed E-state index contributed by atoms with van der Waals surface area (Å²) in [6, 6.07) is 12.9. The van der Waals surface area contributed by atoms with Crippen molar-refractivity contribution in [3.63, 3.8) is 0 Å². The summed E-state index contributed by atoms with van der Waals surface area (Å²) < 4.78 is 0. The lowest BCUT2D eigenvalue weighted by Crippen LogP contribution is -1.80. The molecule has 2 aromatic rings. The summed E-state index contributed by atoms with van der Waals surface area (Å²) in [4.78, 5) is 0. The molecule has 0 aromatic heterocycles. The first kappa shape index (κ1) is 21.9. The standard InChI is InChI=1S/C12H12.2C2H6.2CH4/c1-9-7-8-10(2)12-6-4-3-5-11(9)12;2*1-2;;/h3-8H,1-2H3;2*1-2H3;2*1H4. The van der Waals surface area contributed by atoms with Gasteiger partial charge in [-0.1, -0.05) is 78.9 Å². The molecule has 0 nitrogen and oxygen atoms in total. The van der Waals surface area contributed by atoms with E-state index >= 15 is 0 Å². The van der Waals surface area contributed by atoms with Crippen LogP contribution in [0.3, 0.4) is 0 Å². The van der Waals surface area contributed by atoms with Gasteiger partial charge >= 0.3 is 0 Å². The summed E-state index contributed by atoms with van der Waals surface area (Å²) in [6.45, 7) is 12.3. The van der Waals surface area contributed by atoms with E-state index in [0.29, 0.717) is 0 Å². The molecule has 2 aromatic carbocycles. The SMILES string of the molecule is C.C.CC.CC.Cc1ccc(C)c2ccccc12. The summed E-state index contributed by atoms with van der Waals surface area (Å²) in [5.74, 6) is 0. The molecule has 0 atom stereocenters. The smallest absolute Gasteiger partial charge is 0.0152 e. The molecule has 0 fully saturated rings. The fourth-order valence-corrected chi connectivity index (χ4v) is 1.60. The molecule has 0 bridgehead atoms. The van der Waals surface area contributed by atoms with E-state index in [1.54, 1.807) is 0 Å². The third-order valence-electron chi connectivity index (χ3n) is 2.36. The summed E-state index contributed by atoms with van der Waals surface area (Å²) >= 11 is 0. The predicted octanol–water partition coefficient (Wildman–Crippen LogP) is 6.78. The average molecular weight is 248 g/mol. The van der Waals surface area contributed by atoms with Gasteiger partial charge in [-0.25, -0.2) is 0 Å². The molecule has 0 unspecified atom stereocenters. The topological polar surface area (TPSA) is 0 Å². The molecule has 0 heteroatoms. The van der Waals surface area contributed by atoms with Gasteiger partial charge in [0, 0.05) is 0 Å². The minimum absolute atomic E-state index is 0. The second kappa shape index (κ2) is 12.2. The minimum atomic E-state index is 0. The van der Waals surface area contributed by atoms with Crippen molar-refractivity contribution < 1.29 is 0 Å². The fourth-order valence-electron chi connectivity index (χ4n) is 1.60.